The molecule has 0 bridgehead atoms. The van der Waals surface area contributed by atoms with Crippen LogP contribution in [0.3, 0.4) is 0 Å². The summed E-state index contributed by atoms with van der Waals surface area (Å²) in [6.07, 6.45) is -0.0538. The lowest BCUT2D eigenvalue weighted by Crippen LogP contribution is -2.51. The molecule has 2 atom stereocenters. The fourth-order valence-corrected chi connectivity index (χ4v) is 4.60. The van der Waals surface area contributed by atoms with Crippen LogP contribution in [0.4, 0.5) is 20.2 Å². The zero-order valence-corrected chi connectivity index (χ0v) is 19.2. The van der Waals surface area contributed by atoms with Crippen LogP contribution < -0.4 is 16.2 Å². The highest BCUT2D eigenvalue weighted by Gasteiger charge is 2.29. The Bertz CT molecular complexity index is 1450. The Morgan fingerprint density at radius 3 is 2.76 bits per heavy atom. The molecular weight excluding hydrogens is 442 g/mol. The molecule has 10 heteroatoms. The predicted octanol–water partition coefficient (Wildman–Crippen LogP) is 3.09. The molecular formula is C24H26F2N6O2. The summed E-state index contributed by atoms with van der Waals surface area (Å²) >= 11 is 0. The Labute approximate surface area is 194 Å². The molecule has 5 rings (SSSR count). The van der Waals surface area contributed by atoms with Gasteiger partial charge >= 0.3 is 0 Å². The van der Waals surface area contributed by atoms with Gasteiger partial charge in [0.1, 0.15) is 23.0 Å². The summed E-state index contributed by atoms with van der Waals surface area (Å²) in [4.78, 5) is 26.9. The third-order valence-electron chi connectivity index (χ3n) is 6.20. The van der Waals surface area contributed by atoms with Crippen LogP contribution in [0.15, 0.2) is 35.1 Å². The number of aromatic nitrogens is 3. The van der Waals surface area contributed by atoms with E-state index in [0.717, 1.165) is 6.54 Å². The molecule has 0 unspecified atom stereocenters. The van der Waals surface area contributed by atoms with Gasteiger partial charge in [-0.3, -0.25) is 4.79 Å². The van der Waals surface area contributed by atoms with Crippen LogP contribution >= 0.6 is 0 Å². The average molecular weight is 469 g/mol. The number of likely N-dealkylation sites (N-methyl/N-ethyl adjacent to an activating group) is 1. The van der Waals surface area contributed by atoms with Crippen LogP contribution in [0.1, 0.15) is 6.92 Å². The molecule has 34 heavy (non-hydrogen) atoms. The van der Waals surface area contributed by atoms with Gasteiger partial charge in [0.25, 0.3) is 5.56 Å². The Morgan fingerprint density at radius 2 is 2.00 bits per heavy atom. The lowest BCUT2D eigenvalue weighted by Gasteiger charge is -2.40. The molecule has 178 valence electrons. The minimum Gasteiger partial charge on any atom is -0.397 e. The van der Waals surface area contributed by atoms with E-state index in [4.69, 9.17) is 10.5 Å². The molecule has 1 fully saturated rings. The molecule has 0 spiro atoms. The van der Waals surface area contributed by atoms with E-state index in [2.05, 4.69) is 15.0 Å². The number of anilines is 2. The number of nitrogens with zero attached hydrogens (tertiary/aromatic N) is 3. The van der Waals surface area contributed by atoms with Crippen LogP contribution in [-0.4, -0.2) is 65.8 Å². The van der Waals surface area contributed by atoms with Crippen LogP contribution in [0.25, 0.3) is 33.3 Å². The van der Waals surface area contributed by atoms with Gasteiger partial charge in [0.2, 0.25) is 0 Å². The summed E-state index contributed by atoms with van der Waals surface area (Å²) in [5.41, 5.74) is 7.28. The molecule has 0 amide bonds. The monoisotopic (exact) mass is 468 g/mol. The molecule has 0 radical (unpaired) electrons. The first-order chi connectivity index (χ1) is 16.2. The number of morpholine rings is 1. The van der Waals surface area contributed by atoms with E-state index in [1.54, 1.807) is 12.1 Å². The van der Waals surface area contributed by atoms with Gasteiger partial charge in [0, 0.05) is 25.2 Å². The minimum atomic E-state index is -0.550. The number of fused-ring (bicyclic) bond motifs is 2. The van der Waals surface area contributed by atoms with Gasteiger partial charge < -0.3 is 30.2 Å². The van der Waals surface area contributed by atoms with Crippen molar-refractivity contribution >= 4 is 33.3 Å². The third kappa shape index (κ3) is 3.78. The van der Waals surface area contributed by atoms with Gasteiger partial charge in [0.05, 0.1) is 46.0 Å². The van der Waals surface area contributed by atoms with E-state index in [0.29, 0.717) is 35.4 Å². The molecule has 3 heterocycles. The van der Waals surface area contributed by atoms with Crippen LogP contribution in [0.2, 0.25) is 0 Å². The van der Waals surface area contributed by atoms with Crippen molar-refractivity contribution in [1.82, 2.24) is 19.9 Å². The van der Waals surface area contributed by atoms with E-state index >= 15 is 4.39 Å². The minimum absolute atomic E-state index is 0.0153. The number of pyridine rings is 1. The highest BCUT2D eigenvalue weighted by Crippen LogP contribution is 2.33. The van der Waals surface area contributed by atoms with Gasteiger partial charge in [-0.25, -0.2) is 13.8 Å². The van der Waals surface area contributed by atoms with Crippen LogP contribution in [-0.2, 0) is 4.74 Å². The van der Waals surface area contributed by atoms with Crippen molar-refractivity contribution in [2.24, 2.45) is 0 Å². The van der Waals surface area contributed by atoms with Crippen molar-refractivity contribution in [3.05, 3.63) is 52.3 Å². The first kappa shape index (κ1) is 22.3. The number of nitrogen functional groups attached to an aromatic ring is 1. The highest BCUT2D eigenvalue weighted by molar-refractivity contribution is 5.98. The number of imidazole rings is 1. The summed E-state index contributed by atoms with van der Waals surface area (Å²) in [5, 5.41) is 0.110. The zero-order chi connectivity index (χ0) is 24.1. The normalized spacial score (nSPS) is 18.9. The molecule has 1 aliphatic rings. The predicted molar refractivity (Wildman–Crippen MR) is 129 cm³/mol. The number of rotatable bonds is 4. The molecule has 8 nitrogen and oxygen atoms in total. The quantitative estimate of drug-likeness (QED) is 0.425. The van der Waals surface area contributed by atoms with Gasteiger partial charge in [-0.15, -0.1) is 0 Å². The standard InChI is InChI=1S/C24H26F2N6O2/c1-12-11-34-13(9-31(2)3)10-32(12)19-8-18-17(7-15(19)26)28-23(29-18)21-22(27)20-14(25)5-4-6-16(20)30-24(21)33/h4-8,12-13H,9-11H2,1-3H3,(H,28,29)(H3,27,30,33)/t12-,13-/m0/s1. The maximum absolute atomic E-state index is 15.2. The maximum Gasteiger partial charge on any atom is 0.261 e. The van der Waals surface area contributed by atoms with Gasteiger partial charge in [-0.2, -0.15) is 0 Å². The molecule has 2 aromatic carbocycles. The molecule has 2 aromatic heterocycles. The van der Waals surface area contributed by atoms with Crippen molar-refractivity contribution in [2.45, 2.75) is 19.1 Å². The number of benzene rings is 2. The van der Waals surface area contributed by atoms with Crippen molar-refractivity contribution < 1.29 is 13.5 Å². The smallest absolute Gasteiger partial charge is 0.261 e. The molecule has 1 saturated heterocycles. The fourth-order valence-electron chi connectivity index (χ4n) is 4.60. The lowest BCUT2D eigenvalue weighted by molar-refractivity contribution is 0.00859. The lowest BCUT2D eigenvalue weighted by atomic mass is 10.1. The Kier molecular flexibility index (Phi) is 5.49. The number of halogens is 2. The second-order valence-electron chi connectivity index (χ2n) is 9.03. The summed E-state index contributed by atoms with van der Waals surface area (Å²) < 4.78 is 35.6. The topological polar surface area (TPSA) is 103 Å². The van der Waals surface area contributed by atoms with Crippen molar-refractivity contribution in [2.75, 3.05) is 44.4 Å². The van der Waals surface area contributed by atoms with Gasteiger partial charge in [0.15, 0.2) is 0 Å². The largest absolute Gasteiger partial charge is 0.397 e. The number of H-pyrrole nitrogens is 2. The first-order valence-electron chi connectivity index (χ1n) is 11.1. The van der Waals surface area contributed by atoms with Gasteiger partial charge in [-0.1, -0.05) is 6.07 Å². The van der Waals surface area contributed by atoms with Crippen molar-refractivity contribution in [3.8, 4) is 11.4 Å². The first-order valence-corrected chi connectivity index (χ1v) is 11.1. The van der Waals surface area contributed by atoms with Crippen LogP contribution in [0.5, 0.6) is 0 Å². The average Bonchev–Trinajstić information content (AvgIpc) is 3.16. The Balaban J connectivity index is 1.58. The molecule has 4 N–H and O–H groups in total. The fraction of sp³-hybridized carbons (Fsp3) is 0.333. The summed E-state index contributed by atoms with van der Waals surface area (Å²) in [7, 11) is 3.94. The SMILES string of the molecule is C[C@H]1CO[C@@H](CN(C)C)CN1c1cc2nc(-c3c(N)c4c(F)cccc4[nH]c3=O)[nH]c2cc1F. The second-order valence-corrected chi connectivity index (χ2v) is 9.03. The highest BCUT2D eigenvalue weighted by atomic mass is 19.1. The van der Waals surface area contributed by atoms with E-state index in [1.165, 1.54) is 18.2 Å². The van der Waals surface area contributed by atoms with Crippen LogP contribution in [0, 0.1) is 11.6 Å². The number of hydrogen-bond acceptors (Lipinski definition) is 6. The third-order valence-corrected chi connectivity index (χ3v) is 6.20. The van der Waals surface area contributed by atoms with E-state index in [1.807, 2.05) is 30.8 Å². The maximum atomic E-state index is 15.2. The molecule has 1 aliphatic heterocycles. The molecule has 0 saturated carbocycles. The van der Waals surface area contributed by atoms with E-state index < -0.39 is 17.2 Å². The molecule has 0 aliphatic carbocycles. The summed E-state index contributed by atoms with van der Waals surface area (Å²) in [6, 6.07) is 7.34. The summed E-state index contributed by atoms with van der Waals surface area (Å²) in [6.45, 7) is 3.72. The van der Waals surface area contributed by atoms with E-state index in [9.17, 15) is 9.18 Å². The number of ether oxygens (including phenoxy) is 1. The van der Waals surface area contributed by atoms with Crippen molar-refractivity contribution in [1.29, 1.82) is 0 Å². The van der Waals surface area contributed by atoms with Gasteiger partial charge in [-0.05, 0) is 39.2 Å². The number of nitrogens with two attached hydrogens (primary N) is 1. The number of hydrogen-bond donors (Lipinski definition) is 3. The second kappa shape index (κ2) is 8.37. The number of aromatic amines is 2. The summed E-state index contributed by atoms with van der Waals surface area (Å²) in [5.74, 6) is -0.812. The number of nitrogens with one attached hydrogen (secondary N) is 2. The van der Waals surface area contributed by atoms with E-state index in [-0.39, 0.29) is 34.6 Å². The van der Waals surface area contributed by atoms with Crippen molar-refractivity contribution in [3.63, 3.8) is 0 Å². The molecule has 4 aromatic rings. The Morgan fingerprint density at radius 1 is 1.21 bits per heavy atom. The zero-order valence-electron chi connectivity index (χ0n) is 19.2. The Hall–Kier alpha value is -3.50.